The lowest BCUT2D eigenvalue weighted by molar-refractivity contribution is -0.131. The molecule has 0 aromatic heterocycles. The van der Waals surface area contributed by atoms with Gasteiger partial charge in [-0.05, 0) is 36.6 Å². The van der Waals surface area contributed by atoms with Crippen LogP contribution in [0.15, 0.2) is 18.2 Å². The summed E-state index contributed by atoms with van der Waals surface area (Å²) in [6.45, 7) is 5.47. The summed E-state index contributed by atoms with van der Waals surface area (Å²) in [7, 11) is 0. The van der Waals surface area contributed by atoms with Crippen LogP contribution in [0.1, 0.15) is 109 Å². The Labute approximate surface area is 194 Å². The number of phenols is 1. The second-order valence-electron chi connectivity index (χ2n) is 8.48. The van der Waals surface area contributed by atoms with E-state index in [1.54, 1.807) is 12.1 Å². The summed E-state index contributed by atoms with van der Waals surface area (Å²) in [5, 5.41) is 19.5. The molecule has 0 aliphatic carbocycles. The monoisotopic (exact) mass is 448 g/mol. The molecule has 5 nitrogen and oxygen atoms in total. The summed E-state index contributed by atoms with van der Waals surface area (Å²) in [4.78, 5) is 10.9. The maximum absolute atomic E-state index is 10.9. The molecule has 1 aromatic carbocycles. The molecule has 0 saturated carbocycles. The standard InChI is InChI=1S/C27H44O5/c1-3-5-7-9-11-13-15-19-31-24-21-23(17-18-26(28)29)22-25(27(24)30)32-20-16-14-12-10-8-6-4-2/h17-18,21-22,30H,3-16,19-20H2,1-2H3,(H,28,29). The van der Waals surface area contributed by atoms with Crippen LogP contribution in [0.5, 0.6) is 17.2 Å². The van der Waals surface area contributed by atoms with Gasteiger partial charge in [-0.3, -0.25) is 0 Å². The third kappa shape index (κ3) is 13.3. The lowest BCUT2D eigenvalue weighted by Crippen LogP contribution is -2.01. The van der Waals surface area contributed by atoms with Gasteiger partial charge in [-0.1, -0.05) is 90.9 Å². The summed E-state index contributed by atoms with van der Waals surface area (Å²) in [6, 6.07) is 3.33. The smallest absolute Gasteiger partial charge is 0.328 e. The predicted molar refractivity (Wildman–Crippen MR) is 132 cm³/mol. The molecule has 182 valence electrons. The zero-order valence-electron chi connectivity index (χ0n) is 20.2. The first kappa shape index (κ1) is 27.9. The van der Waals surface area contributed by atoms with Crippen LogP contribution in [-0.4, -0.2) is 29.4 Å². The molecular weight excluding hydrogens is 404 g/mol. The Kier molecular flexibility index (Phi) is 16.0. The van der Waals surface area contributed by atoms with Gasteiger partial charge in [0.25, 0.3) is 0 Å². The fourth-order valence-corrected chi connectivity index (χ4v) is 3.57. The number of rotatable bonds is 20. The second-order valence-corrected chi connectivity index (χ2v) is 8.48. The Morgan fingerprint density at radius 1 is 0.750 bits per heavy atom. The molecule has 0 aliphatic heterocycles. The molecule has 1 rings (SSSR count). The van der Waals surface area contributed by atoms with Crippen molar-refractivity contribution in [3.63, 3.8) is 0 Å². The number of benzene rings is 1. The van der Waals surface area contributed by atoms with Gasteiger partial charge in [0, 0.05) is 6.08 Å². The molecule has 0 spiro atoms. The van der Waals surface area contributed by atoms with Gasteiger partial charge in [-0.15, -0.1) is 0 Å². The van der Waals surface area contributed by atoms with Gasteiger partial charge < -0.3 is 19.7 Å². The molecule has 1 aromatic rings. The number of carboxylic acids is 1. The van der Waals surface area contributed by atoms with E-state index in [0.717, 1.165) is 31.8 Å². The highest BCUT2D eigenvalue weighted by Crippen LogP contribution is 2.38. The van der Waals surface area contributed by atoms with Gasteiger partial charge in [0.1, 0.15) is 0 Å². The quantitative estimate of drug-likeness (QED) is 0.157. The highest BCUT2D eigenvalue weighted by Gasteiger charge is 2.12. The van der Waals surface area contributed by atoms with Gasteiger partial charge in [0.2, 0.25) is 5.75 Å². The van der Waals surface area contributed by atoms with Gasteiger partial charge in [-0.25, -0.2) is 4.79 Å². The zero-order valence-corrected chi connectivity index (χ0v) is 20.2. The minimum absolute atomic E-state index is 0.0108. The van der Waals surface area contributed by atoms with E-state index in [4.69, 9.17) is 14.6 Å². The number of hydrogen-bond acceptors (Lipinski definition) is 4. The molecule has 2 N–H and O–H groups in total. The Morgan fingerprint density at radius 3 is 1.56 bits per heavy atom. The molecular formula is C27H44O5. The van der Waals surface area contributed by atoms with Crippen molar-refractivity contribution in [2.75, 3.05) is 13.2 Å². The van der Waals surface area contributed by atoms with Gasteiger partial charge >= 0.3 is 5.97 Å². The SMILES string of the molecule is CCCCCCCCCOc1cc(C=CC(=O)O)cc(OCCCCCCCCC)c1O. The maximum atomic E-state index is 10.9. The molecule has 5 heteroatoms. The Balaban J connectivity index is 2.56. The molecule has 0 bridgehead atoms. The topological polar surface area (TPSA) is 76.0 Å². The van der Waals surface area contributed by atoms with Crippen molar-refractivity contribution >= 4 is 12.0 Å². The summed E-state index contributed by atoms with van der Waals surface area (Å²) in [5.41, 5.74) is 0.634. The van der Waals surface area contributed by atoms with Crippen LogP contribution in [0.4, 0.5) is 0 Å². The lowest BCUT2D eigenvalue weighted by atomic mass is 10.1. The van der Waals surface area contributed by atoms with Crippen molar-refractivity contribution in [2.24, 2.45) is 0 Å². The van der Waals surface area contributed by atoms with Crippen LogP contribution in [0.2, 0.25) is 0 Å². The lowest BCUT2D eigenvalue weighted by Gasteiger charge is -2.14. The van der Waals surface area contributed by atoms with Crippen LogP contribution in [0.3, 0.4) is 0 Å². The van der Waals surface area contributed by atoms with Crippen molar-refractivity contribution < 1.29 is 24.5 Å². The van der Waals surface area contributed by atoms with E-state index < -0.39 is 5.97 Å². The van der Waals surface area contributed by atoms with Crippen LogP contribution in [-0.2, 0) is 4.79 Å². The molecule has 0 aliphatic rings. The largest absolute Gasteiger partial charge is 0.502 e. The van der Waals surface area contributed by atoms with E-state index in [0.29, 0.717) is 30.3 Å². The number of aliphatic carboxylic acids is 1. The first-order valence-corrected chi connectivity index (χ1v) is 12.6. The zero-order chi connectivity index (χ0) is 23.4. The fraction of sp³-hybridized carbons (Fsp3) is 0.667. The molecule has 0 unspecified atom stereocenters. The second kappa shape index (κ2) is 18.4. The van der Waals surface area contributed by atoms with E-state index in [1.165, 1.54) is 70.3 Å². The first-order chi connectivity index (χ1) is 15.6. The maximum Gasteiger partial charge on any atom is 0.328 e. The number of aromatic hydroxyl groups is 1. The molecule has 32 heavy (non-hydrogen) atoms. The van der Waals surface area contributed by atoms with Gasteiger partial charge in [0.05, 0.1) is 13.2 Å². The van der Waals surface area contributed by atoms with E-state index in [2.05, 4.69) is 13.8 Å². The Hall–Kier alpha value is -2.17. The van der Waals surface area contributed by atoms with Gasteiger partial charge in [-0.2, -0.15) is 0 Å². The van der Waals surface area contributed by atoms with E-state index in [1.807, 2.05) is 0 Å². The van der Waals surface area contributed by atoms with E-state index in [-0.39, 0.29) is 5.75 Å². The normalized spacial score (nSPS) is 11.2. The highest BCUT2D eigenvalue weighted by atomic mass is 16.5. The molecule has 0 amide bonds. The van der Waals surface area contributed by atoms with Crippen molar-refractivity contribution in [3.8, 4) is 17.2 Å². The first-order valence-electron chi connectivity index (χ1n) is 12.6. The third-order valence-corrected chi connectivity index (χ3v) is 5.49. The Morgan fingerprint density at radius 2 is 1.16 bits per heavy atom. The minimum atomic E-state index is -1.02. The van der Waals surface area contributed by atoms with E-state index >= 15 is 0 Å². The number of hydrogen-bond donors (Lipinski definition) is 2. The third-order valence-electron chi connectivity index (χ3n) is 5.49. The summed E-state index contributed by atoms with van der Waals surface area (Å²) < 4.78 is 11.6. The minimum Gasteiger partial charge on any atom is -0.502 e. The summed E-state index contributed by atoms with van der Waals surface area (Å²) in [6.07, 6.45) is 19.2. The van der Waals surface area contributed by atoms with Crippen molar-refractivity contribution in [3.05, 3.63) is 23.8 Å². The molecule has 0 saturated heterocycles. The molecule has 0 heterocycles. The molecule has 0 atom stereocenters. The number of carbonyl (C=O) groups is 1. The fourth-order valence-electron chi connectivity index (χ4n) is 3.57. The van der Waals surface area contributed by atoms with Crippen molar-refractivity contribution in [2.45, 2.75) is 104 Å². The van der Waals surface area contributed by atoms with Crippen molar-refractivity contribution in [1.82, 2.24) is 0 Å². The Bertz CT molecular complexity index is 612. The summed E-state index contributed by atoms with van der Waals surface area (Å²) in [5.74, 6) is -0.339. The average molecular weight is 449 g/mol. The highest BCUT2D eigenvalue weighted by molar-refractivity contribution is 5.85. The van der Waals surface area contributed by atoms with Crippen LogP contribution in [0, 0.1) is 0 Å². The predicted octanol–water partition coefficient (Wildman–Crippen LogP) is 7.75. The van der Waals surface area contributed by atoms with Gasteiger partial charge in [0.15, 0.2) is 11.5 Å². The number of phenolic OH excluding ortho intramolecular Hbond substituents is 1. The van der Waals surface area contributed by atoms with Crippen LogP contribution < -0.4 is 9.47 Å². The van der Waals surface area contributed by atoms with Crippen LogP contribution >= 0.6 is 0 Å². The number of unbranched alkanes of at least 4 members (excludes halogenated alkanes) is 12. The average Bonchev–Trinajstić information content (AvgIpc) is 2.78. The number of ether oxygens (including phenoxy) is 2. The number of carboxylic acid groups (broad SMARTS) is 1. The van der Waals surface area contributed by atoms with E-state index in [9.17, 15) is 9.90 Å². The molecule has 0 fully saturated rings. The molecule has 0 radical (unpaired) electrons. The van der Waals surface area contributed by atoms with Crippen LogP contribution in [0.25, 0.3) is 6.08 Å². The van der Waals surface area contributed by atoms with Crippen molar-refractivity contribution in [1.29, 1.82) is 0 Å². The summed E-state index contributed by atoms with van der Waals surface area (Å²) >= 11 is 0.